The van der Waals surface area contributed by atoms with E-state index >= 15 is 0 Å². The zero-order valence-electron chi connectivity index (χ0n) is 17.3. The Morgan fingerprint density at radius 2 is 1.90 bits per heavy atom. The summed E-state index contributed by atoms with van der Waals surface area (Å²) in [5, 5.41) is 4.42. The lowest BCUT2D eigenvalue weighted by Crippen LogP contribution is -2.25. The van der Waals surface area contributed by atoms with E-state index in [1.807, 2.05) is 39.0 Å². The number of amides is 1. The van der Waals surface area contributed by atoms with Gasteiger partial charge in [-0.2, -0.15) is 5.10 Å². The molecule has 0 saturated heterocycles. The molecule has 0 spiro atoms. The van der Waals surface area contributed by atoms with Crippen molar-refractivity contribution in [2.45, 2.75) is 20.8 Å². The molecule has 0 aliphatic carbocycles. The minimum Gasteiger partial charge on any atom is -0.495 e. The minimum absolute atomic E-state index is 0.129. The number of nitrogens with zero attached hydrogens (tertiary/aromatic N) is 1. The van der Waals surface area contributed by atoms with Gasteiger partial charge in [-0.15, -0.1) is 0 Å². The number of carbonyl (C=O) groups is 1. The summed E-state index contributed by atoms with van der Waals surface area (Å²) in [6.07, 6.45) is 1.43. The predicted molar refractivity (Wildman–Crippen MR) is 118 cm³/mol. The van der Waals surface area contributed by atoms with Gasteiger partial charge in [0, 0.05) is 5.56 Å². The van der Waals surface area contributed by atoms with Gasteiger partial charge < -0.3 is 13.9 Å². The van der Waals surface area contributed by atoms with E-state index in [1.165, 1.54) is 6.21 Å². The number of hydrogen-bond donors (Lipinski definition) is 1. The number of halogens is 1. The van der Waals surface area contributed by atoms with Gasteiger partial charge in [-0.3, -0.25) is 4.79 Å². The van der Waals surface area contributed by atoms with Crippen LogP contribution in [-0.2, 0) is 4.79 Å². The average Bonchev–Trinajstić information content (AvgIpc) is 3.19. The van der Waals surface area contributed by atoms with Crippen LogP contribution in [0.25, 0.3) is 11.3 Å². The molecule has 3 aromatic rings. The average molecular weight is 427 g/mol. The van der Waals surface area contributed by atoms with Crippen LogP contribution in [0.1, 0.15) is 22.5 Å². The molecule has 0 atom stereocenters. The fourth-order valence-corrected chi connectivity index (χ4v) is 3.14. The van der Waals surface area contributed by atoms with Crippen LogP contribution in [0.5, 0.6) is 11.5 Å². The summed E-state index contributed by atoms with van der Waals surface area (Å²) in [6.45, 7) is 5.79. The molecule has 1 amide bonds. The molecule has 1 aromatic heterocycles. The number of furan rings is 1. The summed E-state index contributed by atoms with van der Waals surface area (Å²) in [7, 11) is 1.56. The second-order valence-electron chi connectivity index (χ2n) is 6.79. The summed E-state index contributed by atoms with van der Waals surface area (Å²) in [4.78, 5) is 12.0. The maximum atomic E-state index is 12.0. The molecule has 3 rings (SSSR count). The molecule has 0 bridgehead atoms. The van der Waals surface area contributed by atoms with Gasteiger partial charge in [0.2, 0.25) is 0 Å². The zero-order valence-corrected chi connectivity index (χ0v) is 18.0. The van der Waals surface area contributed by atoms with Crippen molar-refractivity contribution in [1.29, 1.82) is 0 Å². The molecule has 1 heterocycles. The minimum atomic E-state index is -0.361. The summed E-state index contributed by atoms with van der Waals surface area (Å²) in [6, 6.07) is 12.9. The maximum Gasteiger partial charge on any atom is 0.277 e. The van der Waals surface area contributed by atoms with Crippen molar-refractivity contribution in [3.8, 4) is 22.8 Å². The molecular weight excluding hydrogens is 404 g/mol. The van der Waals surface area contributed by atoms with Gasteiger partial charge in [0.15, 0.2) is 6.61 Å². The lowest BCUT2D eigenvalue weighted by atomic mass is 10.1. The van der Waals surface area contributed by atoms with Gasteiger partial charge in [0.25, 0.3) is 5.91 Å². The predicted octanol–water partition coefficient (Wildman–Crippen LogP) is 5.06. The van der Waals surface area contributed by atoms with Crippen LogP contribution >= 0.6 is 11.6 Å². The van der Waals surface area contributed by atoms with Crippen LogP contribution in [0, 0.1) is 20.8 Å². The highest BCUT2D eigenvalue weighted by Gasteiger charge is 2.10. The second-order valence-corrected chi connectivity index (χ2v) is 7.19. The summed E-state index contributed by atoms with van der Waals surface area (Å²) < 4.78 is 16.5. The van der Waals surface area contributed by atoms with Crippen molar-refractivity contribution in [2.75, 3.05) is 13.7 Å². The van der Waals surface area contributed by atoms with E-state index in [2.05, 4.69) is 10.5 Å². The van der Waals surface area contributed by atoms with E-state index in [0.29, 0.717) is 22.3 Å². The van der Waals surface area contributed by atoms with Crippen molar-refractivity contribution in [1.82, 2.24) is 5.43 Å². The Hall–Kier alpha value is -3.25. The van der Waals surface area contributed by atoms with E-state index in [-0.39, 0.29) is 12.5 Å². The molecule has 0 fully saturated rings. The summed E-state index contributed by atoms with van der Waals surface area (Å²) in [5.74, 6) is 2.07. The SMILES string of the molecule is COc1ccc(-c2ccc(C=NNC(=O)COc3c(C)ccc(C)c3C)o2)cc1Cl. The molecule has 6 nitrogen and oxygen atoms in total. The van der Waals surface area contributed by atoms with Crippen LogP contribution < -0.4 is 14.9 Å². The Balaban J connectivity index is 1.57. The van der Waals surface area contributed by atoms with Crippen LogP contribution in [0.15, 0.2) is 52.0 Å². The first-order valence-corrected chi connectivity index (χ1v) is 9.72. The monoisotopic (exact) mass is 426 g/mol. The fraction of sp³-hybridized carbons (Fsp3) is 0.217. The molecule has 0 saturated carbocycles. The fourth-order valence-electron chi connectivity index (χ4n) is 2.88. The molecular formula is C23H23ClN2O4. The third kappa shape index (κ3) is 5.02. The number of nitrogens with one attached hydrogen (secondary N) is 1. The molecule has 7 heteroatoms. The highest BCUT2D eigenvalue weighted by molar-refractivity contribution is 6.32. The maximum absolute atomic E-state index is 12.0. The molecule has 0 aliphatic heterocycles. The first-order chi connectivity index (χ1) is 14.4. The van der Waals surface area contributed by atoms with Crippen molar-refractivity contribution < 1.29 is 18.7 Å². The second kappa shape index (κ2) is 9.50. The van der Waals surface area contributed by atoms with Crippen LogP contribution in [0.3, 0.4) is 0 Å². The van der Waals surface area contributed by atoms with Crippen molar-refractivity contribution in [3.63, 3.8) is 0 Å². The molecule has 0 unspecified atom stereocenters. The van der Waals surface area contributed by atoms with Crippen molar-refractivity contribution in [3.05, 3.63) is 69.9 Å². The number of hydrazone groups is 1. The number of benzene rings is 2. The van der Waals surface area contributed by atoms with E-state index in [9.17, 15) is 4.79 Å². The number of aryl methyl sites for hydroxylation is 2. The third-order valence-corrected chi connectivity index (χ3v) is 4.96. The molecule has 156 valence electrons. The van der Waals surface area contributed by atoms with Gasteiger partial charge in [0.05, 0.1) is 18.3 Å². The lowest BCUT2D eigenvalue weighted by Gasteiger charge is -2.13. The Kier molecular flexibility index (Phi) is 6.79. The normalized spacial score (nSPS) is 11.0. The number of ether oxygens (including phenoxy) is 2. The first kappa shape index (κ1) is 21.5. The number of rotatable bonds is 7. The number of carbonyl (C=O) groups excluding carboxylic acids is 1. The van der Waals surface area contributed by atoms with Crippen LogP contribution in [-0.4, -0.2) is 25.8 Å². The highest BCUT2D eigenvalue weighted by atomic mass is 35.5. The van der Waals surface area contributed by atoms with Gasteiger partial charge in [-0.05, 0) is 67.8 Å². The third-order valence-electron chi connectivity index (χ3n) is 4.67. The molecule has 0 aliphatic rings. The Morgan fingerprint density at radius 3 is 2.63 bits per heavy atom. The van der Waals surface area contributed by atoms with Gasteiger partial charge in [-0.1, -0.05) is 23.7 Å². The number of hydrogen-bond acceptors (Lipinski definition) is 5. The largest absolute Gasteiger partial charge is 0.495 e. The standard InChI is InChI=1S/C23H23ClN2O4/c1-14-5-6-15(2)23(16(14)3)29-13-22(27)26-25-12-18-8-10-20(30-18)17-7-9-21(28-4)19(24)11-17/h5-12H,13H2,1-4H3,(H,26,27). The van der Waals surface area contributed by atoms with E-state index in [1.54, 1.807) is 31.4 Å². The molecule has 30 heavy (non-hydrogen) atoms. The molecule has 0 radical (unpaired) electrons. The van der Waals surface area contributed by atoms with Crippen LogP contribution in [0.2, 0.25) is 5.02 Å². The smallest absolute Gasteiger partial charge is 0.277 e. The van der Waals surface area contributed by atoms with Gasteiger partial charge in [0.1, 0.15) is 23.0 Å². The zero-order chi connectivity index (χ0) is 21.7. The lowest BCUT2D eigenvalue weighted by molar-refractivity contribution is -0.123. The number of methoxy groups -OCH3 is 1. The molecule has 2 aromatic carbocycles. The Morgan fingerprint density at radius 1 is 1.13 bits per heavy atom. The van der Waals surface area contributed by atoms with Gasteiger partial charge >= 0.3 is 0 Å². The van der Waals surface area contributed by atoms with E-state index in [0.717, 1.165) is 28.0 Å². The summed E-state index contributed by atoms with van der Waals surface area (Å²) >= 11 is 6.15. The Labute approximate surface area is 180 Å². The Bertz CT molecular complexity index is 1090. The van der Waals surface area contributed by atoms with Crippen LogP contribution in [0.4, 0.5) is 0 Å². The topological polar surface area (TPSA) is 73.1 Å². The van der Waals surface area contributed by atoms with Crippen molar-refractivity contribution >= 4 is 23.7 Å². The van der Waals surface area contributed by atoms with Crippen molar-refractivity contribution in [2.24, 2.45) is 5.10 Å². The quantitative estimate of drug-likeness (QED) is 0.423. The van der Waals surface area contributed by atoms with E-state index in [4.69, 9.17) is 25.5 Å². The first-order valence-electron chi connectivity index (χ1n) is 9.34. The van der Waals surface area contributed by atoms with E-state index < -0.39 is 0 Å². The summed E-state index contributed by atoms with van der Waals surface area (Å²) in [5.41, 5.74) is 6.36. The highest BCUT2D eigenvalue weighted by Crippen LogP contribution is 2.31. The van der Waals surface area contributed by atoms with Gasteiger partial charge in [-0.25, -0.2) is 5.43 Å². The molecule has 1 N–H and O–H groups in total.